The van der Waals surface area contributed by atoms with Crippen molar-refractivity contribution in [3.8, 4) is 0 Å². The number of pyridine rings is 1. The second-order valence-corrected chi connectivity index (χ2v) is 5.84. The zero-order chi connectivity index (χ0) is 16.7. The molecular formula is C19H27IN4. The normalized spacial score (nSPS) is 10.9. The van der Waals surface area contributed by atoms with Gasteiger partial charge in [-0.2, -0.15) is 0 Å². The van der Waals surface area contributed by atoms with E-state index in [1.54, 1.807) is 7.05 Å². The molecule has 1 aromatic carbocycles. The van der Waals surface area contributed by atoms with Crippen LogP contribution >= 0.6 is 24.0 Å². The van der Waals surface area contributed by atoms with Crippen LogP contribution in [0.25, 0.3) is 0 Å². The lowest BCUT2D eigenvalue weighted by molar-refractivity contribution is 0.790. The Morgan fingerprint density at radius 3 is 2.50 bits per heavy atom. The molecule has 0 saturated heterocycles. The highest BCUT2D eigenvalue weighted by Crippen LogP contribution is 2.09. The Morgan fingerprint density at radius 1 is 1.08 bits per heavy atom. The fourth-order valence-electron chi connectivity index (χ4n) is 2.42. The standard InChI is InChI=1S/C19H26N4.HI/c1-14-5-8-18(15(2)11-14)13-23-19(20-4)21-10-9-17-7-6-16(3)22-12-17;/h5-8,11-12H,9-10,13H2,1-4H3,(H2,20,21,23);1H. The Balaban J connectivity index is 0.00000288. The van der Waals surface area contributed by atoms with Gasteiger partial charge in [0.25, 0.3) is 0 Å². The average Bonchev–Trinajstić information content (AvgIpc) is 2.54. The van der Waals surface area contributed by atoms with Crippen LogP contribution in [0.15, 0.2) is 41.5 Å². The number of nitrogens with one attached hydrogen (secondary N) is 2. The SMILES string of the molecule is CN=C(NCCc1ccc(C)nc1)NCc1ccc(C)cc1C.I. The molecule has 0 radical (unpaired) electrons. The van der Waals surface area contributed by atoms with Gasteiger partial charge in [-0.05, 0) is 49.9 Å². The number of aryl methyl sites for hydroxylation is 3. The van der Waals surface area contributed by atoms with Crippen molar-refractivity contribution in [3.05, 3.63) is 64.5 Å². The first-order valence-corrected chi connectivity index (χ1v) is 8.00. The van der Waals surface area contributed by atoms with E-state index in [1.165, 1.54) is 22.3 Å². The molecule has 5 heteroatoms. The van der Waals surface area contributed by atoms with Gasteiger partial charge in [0.15, 0.2) is 5.96 Å². The Bertz CT molecular complexity index is 666. The summed E-state index contributed by atoms with van der Waals surface area (Å²) >= 11 is 0. The molecule has 1 aromatic heterocycles. The van der Waals surface area contributed by atoms with E-state index < -0.39 is 0 Å². The molecule has 0 aliphatic rings. The minimum Gasteiger partial charge on any atom is -0.356 e. The Labute approximate surface area is 162 Å². The predicted molar refractivity (Wildman–Crippen MR) is 112 cm³/mol. The second-order valence-electron chi connectivity index (χ2n) is 5.84. The van der Waals surface area contributed by atoms with Crippen molar-refractivity contribution in [1.29, 1.82) is 0 Å². The molecule has 2 aromatic rings. The number of aromatic nitrogens is 1. The van der Waals surface area contributed by atoms with E-state index in [2.05, 4.69) is 58.7 Å². The fourth-order valence-corrected chi connectivity index (χ4v) is 2.42. The van der Waals surface area contributed by atoms with Crippen molar-refractivity contribution in [2.75, 3.05) is 13.6 Å². The van der Waals surface area contributed by atoms with Gasteiger partial charge in [0.05, 0.1) is 0 Å². The summed E-state index contributed by atoms with van der Waals surface area (Å²) in [6.45, 7) is 7.87. The molecule has 24 heavy (non-hydrogen) atoms. The smallest absolute Gasteiger partial charge is 0.191 e. The molecule has 0 unspecified atom stereocenters. The number of hydrogen-bond acceptors (Lipinski definition) is 2. The highest BCUT2D eigenvalue weighted by Gasteiger charge is 2.02. The summed E-state index contributed by atoms with van der Waals surface area (Å²) in [5.74, 6) is 0.824. The van der Waals surface area contributed by atoms with Gasteiger partial charge in [-0.25, -0.2) is 0 Å². The third-order valence-corrected chi connectivity index (χ3v) is 3.85. The maximum atomic E-state index is 4.32. The van der Waals surface area contributed by atoms with Crippen LogP contribution in [0.3, 0.4) is 0 Å². The molecule has 0 bridgehead atoms. The summed E-state index contributed by atoms with van der Waals surface area (Å²) in [5, 5.41) is 6.71. The lowest BCUT2D eigenvalue weighted by Gasteiger charge is -2.13. The zero-order valence-electron chi connectivity index (χ0n) is 14.9. The molecule has 0 spiro atoms. The van der Waals surface area contributed by atoms with Crippen molar-refractivity contribution >= 4 is 29.9 Å². The largest absolute Gasteiger partial charge is 0.356 e. The Hall–Kier alpha value is -1.63. The van der Waals surface area contributed by atoms with E-state index in [0.29, 0.717) is 0 Å². The van der Waals surface area contributed by atoms with Crippen molar-refractivity contribution in [1.82, 2.24) is 15.6 Å². The third-order valence-electron chi connectivity index (χ3n) is 3.85. The molecule has 2 N–H and O–H groups in total. The summed E-state index contributed by atoms with van der Waals surface area (Å²) < 4.78 is 0. The molecule has 130 valence electrons. The third kappa shape index (κ3) is 6.47. The summed E-state index contributed by atoms with van der Waals surface area (Å²) in [6.07, 6.45) is 2.86. The van der Waals surface area contributed by atoms with E-state index in [0.717, 1.165) is 31.2 Å². The van der Waals surface area contributed by atoms with Crippen LogP contribution in [0.1, 0.15) is 27.9 Å². The molecule has 0 amide bonds. The number of hydrogen-bond donors (Lipinski definition) is 2. The van der Waals surface area contributed by atoms with Gasteiger partial charge < -0.3 is 10.6 Å². The van der Waals surface area contributed by atoms with E-state index in [-0.39, 0.29) is 24.0 Å². The molecule has 4 nitrogen and oxygen atoms in total. The van der Waals surface area contributed by atoms with Crippen LogP contribution in [0.5, 0.6) is 0 Å². The van der Waals surface area contributed by atoms with Gasteiger partial charge in [-0.1, -0.05) is 29.8 Å². The highest BCUT2D eigenvalue weighted by molar-refractivity contribution is 14.0. The summed E-state index contributed by atoms with van der Waals surface area (Å²) in [6, 6.07) is 10.7. The topological polar surface area (TPSA) is 49.3 Å². The van der Waals surface area contributed by atoms with Crippen molar-refractivity contribution in [2.45, 2.75) is 33.7 Å². The lowest BCUT2D eigenvalue weighted by Crippen LogP contribution is -2.38. The Kier molecular flexibility index (Phi) is 8.74. The minimum absolute atomic E-state index is 0. The number of halogens is 1. The van der Waals surface area contributed by atoms with E-state index in [1.807, 2.05) is 19.2 Å². The molecule has 0 fully saturated rings. The van der Waals surface area contributed by atoms with Gasteiger partial charge in [0.1, 0.15) is 0 Å². The van der Waals surface area contributed by atoms with Crippen molar-refractivity contribution < 1.29 is 0 Å². The van der Waals surface area contributed by atoms with Gasteiger partial charge >= 0.3 is 0 Å². The average molecular weight is 438 g/mol. The lowest BCUT2D eigenvalue weighted by atomic mass is 10.1. The zero-order valence-corrected chi connectivity index (χ0v) is 17.2. The second kappa shape index (κ2) is 10.3. The van der Waals surface area contributed by atoms with Crippen LogP contribution in [0.4, 0.5) is 0 Å². The van der Waals surface area contributed by atoms with Crippen LogP contribution in [0.2, 0.25) is 0 Å². The molecule has 0 atom stereocenters. The first-order chi connectivity index (χ1) is 11.1. The van der Waals surface area contributed by atoms with Gasteiger partial charge in [-0.3, -0.25) is 9.98 Å². The maximum absolute atomic E-state index is 4.32. The van der Waals surface area contributed by atoms with Crippen LogP contribution in [-0.4, -0.2) is 24.5 Å². The molecule has 1 heterocycles. The van der Waals surface area contributed by atoms with Crippen molar-refractivity contribution in [2.24, 2.45) is 4.99 Å². The molecule has 0 saturated carbocycles. The first kappa shape index (κ1) is 20.4. The van der Waals surface area contributed by atoms with Crippen LogP contribution < -0.4 is 10.6 Å². The number of nitrogens with zero attached hydrogens (tertiary/aromatic N) is 2. The molecule has 2 rings (SSSR count). The Morgan fingerprint density at radius 2 is 1.88 bits per heavy atom. The molecule has 0 aliphatic carbocycles. The van der Waals surface area contributed by atoms with E-state index >= 15 is 0 Å². The summed E-state index contributed by atoms with van der Waals surface area (Å²) in [5.41, 5.74) is 6.17. The van der Waals surface area contributed by atoms with Gasteiger partial charge in [0, 0.05) is 32.0 Å². The summed E-state index contributed by atoms with van der Waals surface area (Å²) in [7, 11) is 1.80. The quantitative estimate of drug-likeness (QED) is 0.427. The van der Waals surface area contributed by atoms with Crippen molar-refractivity contribution in [3.63, 3.8) is 0 Å². The fraction of sp³-hybridized carbons (Fsp3) is 0.368. The maximum Gasteiger partial charge on any atom is 0.191 e. The summed E-state index contributed by atoms with van der Waals surface area (Å²) in [4.78, 5) is 8.59. The number of benzene rings is 1. The van der Waals surface area contributed by atoms with Crippen LogP contribution in [0, 0.1) is 20.8 Å². The number of aliphatic imine (C=N–C) groups is 1. The number of guanidine groups is 1. The molecular weight excluding hydrogens is 411 g/mol. The van der Waals surface area contributed by atoms with E-state index in [9.17, 15) is 0 Å². The van der Waals surface area contributed by atoms with Crippen LogP contribution in [-0.2, 0) is 13.0 Å². The van der Waals surface area contributed by atoms with Gasteiger partial charge in [0.2, 0.25) is 0 Å². The minimum atomic E-state index is 0. The van der Waals surface area contributed by atoms with Gasteiger partial charge in [-0.15, -0.1) is 24.0 Å². The monoisotopic (exact) mass is 438 g/mol. The number of rotatable bonds is 5. The van der Waals surface area contributed by atoms with E-state index in [4.69, 9.17) is 0 Å². The molecule has 0 aliphatic heterocycles. The predicted octanol–water partition coefficient (Wildman–Crippen LogP) is 3.53. The highest BCUT2D eigenvalue weighted by atomic mass is 127. The first-order valence-electron chi connectivity index (χ1n) is 8.00.